The SMILES string of the molecule is CCCCNC(=O)[C@H](C)N(Cc1ccc(OC)cc1)C(=O)CN(c1cc(C)ccc1C)S(=O)(=O)c1ccccc1. The third kappa shape index (κ3) is 7.63. The van der Waals surface area contributed by atoms with E-state index < -0.39 is 28.5 Å². The first-order chi connectivity index (χ1) is 19.1. The number of nitrogens with one attached hydrogen (secondary N) is 1. The van der Waals surface area contributed by atoms with Crippen LogP contribution in [0, 0.1) is 13.8 Å². The third-order valence-electron chi connectivity index (χ3n) is 6.75. The van der Waals surface area contributed by atoms with Crippen LogP contribution in [0.2, 0.25) is 0 Å². The van der Waals surface area contributed by atoms with Crippen molar-refractivity contribution < 1.29 is 22.7 Å². The number of hydrogen-bond acceptors (Lipinski definition) is 5. The van der Waals surface area contributed by atoms with Gasteiger partial charge in [-0.3, -0.25) is 13.9 Å². The van der Waals surface area contributed by atoms with E-state index in [1.54, 1.807) is 50.4 Å². The summed E-state index contributed by atoms with van der Waals surface area (Å²) in [6.07, 6.45) is 1.74. The molecule has 3 rings (SSSR count). The molecule has 0 fully saturated rings. The van der Waals surface area contributed by atoms with Gasteiger partial charge in [0.15, 0.2) is 0 Å². The first-order valence-corrected chi connectivity index (χ1v) is 14.9. The van der Waals surface area contributed by atoms with Gasteiger partial charge >= 0.3 is 0 Å². The Morgan fingerprint density at radius 1 is 0.975 bits per heavy atom. The van der Waals surface area contributed by atoms with Gasteiger partial charge in [0.2, 0.25) is 11.8 Å². The van der Waals surface area contributed by atoms with Crippen molar-refractivity contribution in [3.8, 4) is 5.75 Å². The molecule has 8 nitrogen and oxygen atoms in total. The zero-order valence-electron chi connectivity index (χ0n) is 23.9. The topological polar surface area (TPSA) is 96.0 Å². The van der Waals surface area contributed by atoms with Crippen molar-refractivity contribution in [2.45, 2.75) is 58.0 Å². The van der Waals surface area contributed by atoms with Crippen LogP contribution in [-0.2, 0) is 26.2 Å². The molecule has 0 saturated carbocycles. The number of benzene rings is 3. The first kappa shape index (κ1) is 30.7. The van der Waals surface area contributed by atoms with Crippen LogP contribution in [0.5, 0.6) is 5.75 Å². The lowest BCUT2D eigenvalue weighted by atomic mass is 10.1. The number of methoxy groups -OCH3 is 1. The number of carbonyl (C=O) groups is 2. The van der Waals surface area contributed by atoms with E-state index in [9.17, 15) is 18.0 Å². The van der Waals surface area contributed by atoms with Crippen molar-refractivity contribution in [3.63, 3.8) is 0 Å². The molecule has 40 heavy (non-hydrogen) atoms. The molecule has 0 aromatic heterocycles. The summed E-state index contributed by atoms with van der Waals surface area (Å²) in [4.78, 5) is 28.6. The molecule has 0 aliphatic heterocycles. The zero-order valence-corrected chi connectivity index (χ0v) is 24.7. The fraction of sp³-hybridized carbons (Fsp3) is 0.355. The van der Waals surface area contributed by atoms with Crippen LogP contribution in [0.15, 0.2) is 77.7 Å². The van der Waals surface area contributed by atoms with E-state index in [1.165, 1.54) is 17.0 Å². The maximum Gasteiger partial charge on any atom is 0.264 e. The van der Waals surface area contributed by atoms with Gasteiger partial charge in [-0.15, -0.1) is 0 Å². The number of hydrogen-bond donors (Lipinski definition) is 1. The number of anilines is 1. The molecule has 0 radical (unpaired) electrons. The number of aryl methyl sites for hydroxylation is 2. The van der Waals surface area contributed by atoms with Gasteiger partial charge in [0.1, 0.15) is 18.3 Å². The minimum atomic E-state index is -4.10. The molecule has 0 aliphatic carbocycles. The van der Waals surface area contributed by atoms with Crippen molar-refractivity contribution in [2.75, 3.05) is 24.5 Å². The molecule has 0 bridgehead atoms. The van der Waals surface area contributed by atoms with Gasteiger partial charge in [0, 0.05) is 13.1 Å². The zero-order chi connectivity index (χ0) is 29.3. The monoisotopic (exact) mass is 565 g/mol. The van der Waals surface area contributed by atoms with Crippen molar-refractivity contribution in [1.29, 1.82) is 0 Å². The Morgan fingerprint density at radius 3 is 2.27 bits per heavy atom. The highest BCUT2D eigenvalue weighted by molar-refractivity contribution is 7.92. The summed E-state index contributed by atoms with van der Waals surface area (Å²) in [5.41, 5.74) is 2.78. The fourth-order valence-electron chi connectivity index (χ4n) is 4.27. The minimum Gasteiger partial charge on any atom is -0.497 e. The smallest absolute Gasteiger partial charge is 0.264 e. The second kappa shape index (κ2) is 14.0. The Balaban J connectivity index is 2.02. The summed E-state index contributed by atoms with van der Waals surface area (Å²) in [5.74, 6) is -0.115. The average molecular weight is 566 g/mol. The molecule has 1 atom stereocenters. The summed E-state index contributed by atoms with van der Waals surface area (Å²) in [5, 5.41) is 2.90. The molecule has 0 heterocycles. The van der Waals surface area contributed by atoms with Gasteiger partial charge < -0.3 is 15.0 Å². The Morgan fingerprint density at radius 2 is 1.65 bits per heavy atom. The van der Waals surface area contributed by atoms with E-state index in [0.29, 0.717) is 23.5 Å². The summed E-state index contributed by atoms with van der Waals surface area (Å²) in [7, 11) is -2.53. The summed E-state index contributed by atoms with van der Waals surface area (Å²) < 4.78 is 34.2. The molecule has 3 aromatic rings. The predicted molar refractivity (Wildman–Crippen MR) is 158 cm³/mol. The molecule has 214 valence electrons. The molecular formula is C31H39N3O5S. The van der Waals surface area contributed by atoms with Gasteiger partial charge in [-0.2, -0.15) is 0 Å². The predicted octanol–water partition coefficient (Wildman–Crippen LogP) is 4.84. The fourth-order valence-corrected chi connectivity index (χ4v) is 5.76. The molecule has 9 heteroatoms. The maximum absolute atomic E-state index is 14.0. The highest BCUT2D eigenvalue weighted by Crippen LogP contribution is 2.28. The van der Waals surface area contributed by atoms with Crippen LogP contribution < -0.4 is 14.4 Å². The van der Waals surface area contributed by atoms with Gasteiger partial charge in [-0.1, -0.05) is 55.8 Å². The Hall–Kier alpha value is -3.85. The van der Waals surface area contributed by atoms with Crippen molar-refractivity contribution in [3.05, 3.63) is 89.5 Å². The van der Waals surface area contributed by atoms with Gasteiger partial charge in [-0.05, 0) is 74.2 Å². The van der Waals surface area contributed by atoms with E-state index in [0.717, 1.165) is 28.3 Å². The molecule has 0 aliphatic rings. The van der Waals surface area contributed by atoms with E-state index in [2.05, 4.69) is 5.32 Å². The molecule has 0 unspecified atom stereocenters. The standard InChI is InChI=1S/C31H39N3O5S/c1-6-7-19-32-31(36)25(4)33(21-26-15-17-27(39-5)18-16-26)30(35)22-34(29-20-23(2)13-14-24(29)3)40(37,38)28-11-9-8-10-12-28/h8-18,20,25H,6-7,19,21-22H2,1-5H3,(H,32,36)/t25-/m0/s1. The van der Waals surface area contributed by atoms with E-state index in [1.807, 2.05) is 45.0 Å². The number of carbonyl (C=O) groups excluding carboxylic acids is 2. The highest BCUT2D eigenvalue weighted by Gasteiger charge is 2.33. The van der Waals surface area contributed by atoms with Crippen LogP contribution in [0.4, 0.5) is 5.69 Å². The van der Waals surface area contributed by atoms with Crippen LogP contribution >= 0.6 is 0 Å². The summed E-state index contributed by atoms with van der Waals surface area (Å²) >= 11 is 0. The number of sulfonamides is 1. The van der Waals surface area contributed by atoms with Crippen LogP contribution in [0.3, 0.4) is 0 Å². The number of amides is 2. The lowest BCUT2D eigenvalue weighted by Gasteiger charge is -2.32. The molecule has 3 aromatic carbocycles. The molecule has 1 N–H and O–H groups in total. The third-order valence-corrected chi connectivity index (χ3v) is 8.53. The van der Waals surface area contributed by atoms with Crippen molar-refractivity contribution in [2.24, 2.45) is 0 Å². The van der Waals surface area contributed by atoms with Crippen LogP contribution in [-0.4, -0.2) is 51.4 Å². The van der Waals surface area contributed by atoms with E-state index >= 15 is 0 Å². The van der Waals surface area contributed by atoms with Gasteiger partial charge in [-0.25, -0.2) is 8.42 Å². The quantitative estimate of drug-likeness (QED) is 0.299. The van der Waals surface area contributed by atoms with E-state index in [4.69, 9.17) is 4.74 Å². The van der Waals surface area contributed by atoms with Crippen molar-refractivity contribution >= 4 is 27.5 Å². The van der Waals surface area contributed by atoms with Gasteiger partial charge in [0.05, 0.1) is 17.7 Å². The van der Waals surface area contributed by atoms with Crippen molar-refractivity contribution in [1.82, 2.24) is 10.2 Å². The summed E-state index contributed by atoms with van der Waals surface area (Å²) in [6, 6.07) is 19.9. The lowest BCUT2D eigenvalue weighted by Crippen LogP contribution is -2.51. The molecule has 0 saturated heterocycles. The molecule has 2 amide bonds. The van der Waals surface area contributed by atoms with Crippen LogP contribution in [0.25, 0.3) is 0 Å². The first-order valence-electron chi connectivity index (χ1n) is 13.4. The second-order valence-corrected chi connectivity index (χ2v) is 11.7. The second-order valence-electron chi connectivity index (χ2n) is 9.80. The number of ether oxygens (including phenoxy) is 1. The number of nitrogens with zero attached hydrogens (tertiary/aromatic N) is 2. The average Bonchev–Trinajstić information content (AvgIpc) is 2.96. The largest absolute Gasteiger partial charge is 0.497 e. The number of rotatable bonds is 13. The highest BCUT2D eigenvalue weighted by atomic mass is 32.2. The Bertz CT molecular complexity index is 1390. The molecule has 0 spiro atoms. The minimum absolute atomic E-state index is 0.0794. The summed E-state index contributed by atoms with van der Waals surface area (Å²) in [6.45, 7) is 7.53. The lowest BCUT2D eigenvalue weighted by molar-refractivity contribution is -0.139. The Kier molecular flexibility index (Phi) is 10.7. The normalized spacial score (nSPS) is 11.9. The van der Waals surface area contributed by atoms with E-state index in [-0.39, 0.29) is 17.3 Å². The van der Waals surface area contributed by atoms with Gasteiger partial charge in [0.25, 0.3) is 10.0 Å². The van der Waals surface area contributed by atoms with Crippen LogP contribution in [0.1, 0.15) is 43.4 Å². The number of unbranched alkanes of at least 4 members (excludes halogenated alkanes) is 1. The maximum atomic E-state index is 14.0. The molecular weight excluding hydrogens is 526 g/mol. The Labute approximate surface area is 238 Å².